The first-order chi connectivity index (χ1) is 10.4. The number of piperidine rings is 1. The van der Waals surface area contributed by atoms with E-state index in [1.165, 1.54) is 0 Å². The molecule has 1 unspecified atom stereocenters. The van der Waals surface area contributed by atoms with Crippen molar-refractivity contribution in [2.24, 2.45) is 5.92 Å². The molecule has 0 radical (unpaired) electrons. The molecule has 0 spiro atoms. The van der Waals surface area contributed by atoms with Crippen LogP contribution in [0.3, 0.4) is 0 Å². The molecule has 1 heterocycles. The summed E-state index contributed by atoms with van der Waals surface area (Å²) in [7, 11) is 0. The Morgan fingerprint density at radius 1 is 1.48 bits per heavy atom. The van der Waals surface area contributed by atoms with Crippen LogP contribution in [0.4, 0.5) is 5.69 Å². The van der Waals surface area contributed by atoms with Crippen LogP contribution in [0.1, 0.15) is 43.9 Å². The highest BCUT2D eigenvalue weighted by atomic mass is 35.5. The van der Waals surface area contributed by atoms with Crippen molar-refractivity contribution in [3.8, 4) is 0 Å². The van der Waals surface area contributed by atoms with Crippen molar-refractivity contribution in [3.63, 3.8) is 0 Å². The van der Waals surface area contributed by atoms with E-state index in [1.54, 1.807) is 19.1 Å². The number of halogens is 1. The molecule has 1 fully saturated rings. The molecule has 1 aliphatic heterocycles. The molecule has 0 saturated carbocycles. The van der Waals surface area contributed by atoms with E-state index < -0.39 is 0 Å². The smallest absolute Gasteiger partial charge is 0.272 e. The number of benzene rings is 1. The molecule has 23 heavy (non-hydrogen) atoms. The summed E-state index contributed by atoms with van der Waals surface area (Å²) in [4.78, 5) is 23.0. The molecule has 0 aromatic heterocycles. The Hall–Kier alpha value is -1.66. The zero-order chi connectivity index (χ0) is 16.3. The average Bonchev–Trinajstić information content (AvgIpc) is 2.47. The summed E-state index contributed by atoms with van der Waals surface area (Å²) < 4.78 is 0. The van der Waals surface area contributed by atoms with E-state index in [-0.39, 0.29) is 40.9 Å². The summed E-state index contributed by atoms with van der Waals surface area (Å²) in [5.74, 6) is 0.0446. The van der Waals surface area contributed by atoms with Gasteiger partial charge in [0.15, 0.2) is 0 Å². The van der Waals surface area contributed by atoms with Crippen LogP contribution in [0, 0.1) is 23.0 Å². The van der Waals surface area contributed by atoms with Gasteiger partial charge in [-0.05, 0) is 45.7 Å². The summed E-state index contributed by atoms with van der Waals surface area (Å²) >= 11 is 0. The fraction of sp³-hybridized carbons (Fsp3) is 0.562. The molecule has 1 saturated heterocycles. The number of nitrogens with zero attached hydrogens (tertiary/aromatic N) is 1. The third-order valence-corrected chi connectivity index (χ3v) is 4.28. The lowest BCUT2D eigenvalue weighted by atomic mass is 9.92. The van der Waals surface area contributed by atoms with Gasteiger partial charge >= 0.3 is 0 Å². The van der Waals surface area contributed by atoms with Crippen LogP contribution in [-0.2, 0) is 4.79 Å². The zero-order valence-electron chi connectivity index (χ0n) is 13.7. The van der Waals surface area contributed by atoms with Gasteiger partial charge in [0.1, 0.15) is 0 Å². The van der Waals surface area contributed by atoms with Crippen molar-refractivity contribution in [1.29, 1.82) is 0 Å². The minimum atomic E-state index is -0.387. The Balaban J connectivity index is 0.00000264. The number of aryl methyl sites for hydroxylation is 1. The van der Waals surface area contributed by atoms with Crippen molar-refractivity contribution in [2.45, 2.75) is 45.7 Å². The second kappa shape index (κ2) is 8.26. The minimum Gasteiger partial charge on any atom is -0.349 e. The number of hydrogen-bond donors (Lipinski definition) is 2. The maximum atomic E-state index is 12.3. The maximum absolute atomic E-state index is 12.3. The Morgan fingerprint density at radius 3 is 2.78 bits per heavy atom. The van der Waals surface area contributed by atoms with Gasteiger partial charge in [-0.15, -0.1) is 12.4 Å². The van der Waals surface area contributed by atoms with Crippen molar-refractivity contribution >= 4 is 24.0 Å². The predicted octanol–water partition coefficient (Wildman–Crippen LogP) is 2.89. The molecule has 2 rings (SSSR count). The van der Waals surface area contributed by atoms with Gasteiger partial charge in [-0.1, -0.05) is 12.1 Å². The Morgan fingerprint density at radius 2 is 2.17 bits per heavy atom. The molecule has 1 aliphatic rings. The number of hydrogen-bond acceptors (Lipinski definition) is 4. The highest BCUT2D eigenvalue weighted by Crippen LogP contribution is 2.24. The molecule has 6 nitrogen and oxygen atoms in total. The quantitative estimate of drug-likeness (QED) is 0.651. The van der Waals surface area contributed by atoms with Gasteiger partial charge in [0.05, 0.1) is 11.0 Å². The number of nitro benzene ring substituents is 1. The van der Waals surface area contributed by atoms with Crippen LogP contribution in [0.25, 0.3) is 0 Å². The van der Waals surface area contributed by atoms with Crippen LogP contribution in [-0.4, -0.2) is 23.4 Å². The van der Waals surface area contributed by atoms with Gasteiger partial charge in [0.2, 0.25) is 5.91 Å². The molecule has 7 heteroatoms. The molecule has 1 aromatic carbocycles. The average molecular weight is 342 g/mol. The van der Waals surface area contributed by atoms with Crippen LogP contribution in [0.2, 0.25) is 0 Å². The van der Waals surface area contributed by atoms with Crippen molar-refractivity contribution in [3.05, 3.63) is 39.4 Å². The van der Waals surface area contributed by atoms with Crippen LogP contribution in [0.5, 0.6) is 0 Å². The number of amides is 1. The molecule has 1 aromatic rings. The zero-order valence-corrected chi connectivity index (χ0v) is 14.5. The predicted molar refractivity (Wildman–Crippen MR) is 91.8 cm³/mol. The van der Waals surface area contributed by atoms with Gasteiger partial charge in [-0.25, -0.2) is 0 Å². The van der Waals surface area contributed by atoms with Gasteiger partial charge in [0.25, 0.3) is 5.69 Å². The third kappa shape index (κ3) is 4.91. The summed E-state index contributed by atoms with van der Waals surface area (Å²) in [6.07, 6.45) is 1.66. The van der Waals surface area contributed by atoms with Crippen LogP contribution >= 0.6 is 12.4 Å². The highest BCUT2D eigenvalue weighted by molar-refractivity contribution is 5.85. The van der Waals surface area contributed by atoms with Gasteiger partial charge in [0, 0.05) is 23.6 Å². The van der Waals surface area contributed by atoms with E-state index in [0.29, 0.717) is 11.6 Å². The Kier molecular flexibility index (Phi) is 6.97. The Labute approximate surface area is 142 Å². The number of nitrogens with one attached hydrogen (secondary N) is 2. The molecule has 0 aliphatic carbocycles. The second-order valence-electron chi connectivity index (χ2n) is 6.11. The van der Waals surface area contributed by atoms with Crippen molar-refractivity contribution in [1.82, 2.24) is 10.6 Å². The molecule has 3 atom stereocenters. The first-order valence-electron chi connectivity index (χ1n) is 7.67. The number of nitro groups is 1. The molecule has 1 amide bonds. The monoisotopic (exact) mass is 341 g/mol. The summed E-state index contributed by atoms with van der Waals surface area (Å²) in [5, 5.41) is 17.3. The second-order valence-corrected chi connectivity index (χ2v) is 6.11. The lowest BCUT2D eigenvalue weighted by Gasteiger charge is -2.28. The van der Waals surface area contributed by atoms with Gasteiger partial charge < -0.3 is 10.6 Å². The molecular formula is C16H24ClN3O3. The van der Waals surface area contributed by atoms with E-state index in [9.17, 15) is 14.9 Å². The number of carbonyl (C=O) groups is 1. The normalized spacial score (nSPS) is 21.9. The van der Waals surface area contributed by atoms with Gasteiger partial charge in [-0.2, -0.15) is 0 Å². The fourth-order valence-corrected chi connectivity index (χ4v) is 2.88. The van der Waals surface area contributed by atoms with E-state index >= 15 is 0 Å². The molecule has 2 N–H and O–H groups in total. The largest absolute Gasteiger partial charge is 0.349 e. The lowest BCUT2D eigenvalue weighted by molar-refractivity contribution is -0.385. The molecular weight excluding hydrogens is 318 g/mol. The van der Waals surface area contributed by atoms with E-state index in [1.807, 2.05) is 13.0 Å². The standard InChI is InChI=1S/C16H23N3O3.ClH/c1-10-4-5-13(9-15(10)19(21)22)12(3)18-16(20)14-6-7-17-11(2)8-14;/h4-5,9,11-12,14,17H,6-8H2,1-3H3,(H,18,20);1H/t11-,12?,14-;/m0./s1. The first kappa shape index (κ1) is 19.4. The van der Waals surface area contributed by atoms with Crippen LogP contribution in [0.15, 0.2) is 18.2 Å². The number of carbonyl (C=O) groups excluding carboxylic acids is 1. The molecule has 0 bridgehead atoms. The topological polar surface area (TPSA) is 84.3 Å². The minimum absolute atomic E-state index is 0. The van der Waals surface area contributed by atoms with Crippen LogP contribution < -0.4 is 10.6 Å². The summed E-state index contributed by atoms with van der Waals surface area (Å²) in [6.45, 7) is 6.49. The summed E-state index contributed by atoms with van der Waals surface area (Å²) in [6, 6.07) is 5.21. The van der Waals surface area contributed by atoms with E-state index in [2.05, 4.69) is 17.6 Å². The number of rotatable bonds is 4. The van der Waals surface area contributed by atoms with Crippen molar-refractivity contribution < 1.29 is 9.72 Å². The van der Waals surface area contributed by atoms with Crippen molar-refractivity contribution in [2.75, 3.05) is 6.54 Å². The SMILES string of the molecule is Cc1ccc(C(C)NC(=O)[C@H]2CCN[C@@H](C)C2)cc1[N+](=O)[O-].Cl. The van der Waals surface area contributed by atoms with E-state index in [0.717, 1.165) is 24.9 Å². The van der Waals surface area contributed by atoms with Gasteiger partial charge in [-0.3, -0.25) is 14.9 Å². The summed E-state index contributed by atoms with van der Waals surface area (Å²) in [5.41, 5.74) is 1.47. The fourth-order valence-electron chi connectivity index (χ4n) is 2.88. The maximum Gasteiger partial charge on any atom is 0.272 e. The van der Waals surface area contributed by atoms with E-state index in [4.69, 9.17) is 0 Å². The molecule has 128 valence electrons. The highest BCUT2D eigenvalue weighted by Gasteiger charge is 2.26. The lowest BCUT2D eigenvalue weighted by Crippen LogP contribution is -2.42. The first-order valence-corrected chi connectivity index (χ1v) is 7.67. The third-order valence-electron chi connectivity index (χ3n) is 4.28. The Bertz CT molecular complexity index is 580.